The number of hydrogen-bond acceptors (Lipinski definition) is 4. The van der Waals surface area contributed by atoms with Gasteiger partial charge in [0.05, 0.1) is 0 Å². The van der Waals surface area contributed by atoms with Crippen LogP contribution in [0.2, 0.25) is 0 Å². The first kappa shape index (κ1) is 15.1. The Morgan fingerprint density at radius 3 is 2.70 bits per heavy atom. The van der Waals surface area contributed by atoms with Crippen molar-refractivity contribution in [1.29, 1.82) is 0 Å². The Kier molecular flexibility index (Phi) is 4.84. The van der Waals surface area contributed by atoms with Gasteiger partial charge >= 0.3 is 0 Å². The van der Waals surface area contributed by atoms with E-state index >= 15 is 0 Å². The Bertz CT molecular complexity index is 447. The Morgan fingerprint density at radius 1 is 1.30 bits per heavy atom. The summed E-state index contributed by atoms with van der Waals surface area (Å²) < 4.78 is 6.23. The summed E-state index contributed by atoms with van der Waals surface area (Å²) in [4.78, 5) is 8.73. The van der Waals surface area contributed by atoms with Crippen LogP contribution >= 0.6 is 0 Å². The molecule has 0 bridgehead atoms. The molecule has 1 saturated carbocycles. The van der Waals surface area contributed by atoms with Gasteiger partial charge < -0.3 is 10.1 Å². The third kappa shape index (κ3) is 3.62. The highest BCUT2D eigenvalue weighted by Gasteiger charge is 2.32. The lowest BCUT2D eigenvalue weighted by molar-refractivity contribution is 0.0425. The van der Waals surface area contributed by atoms with Crippen LogP contribution < -0.4 is 10.1 Å². The number of nitrogens with one attached hydrogen (secondary N) is 1. The van der Waals surface area contributed by atoms with E-state index in [2.05, 4.69) is 36.1 Å². The number of aryl methyl sites for hydroxylation is 1. The molecule has 0 aromatic carbocycles. The van der Waals surface area contributed by atoms with Crippen molar-refractivity contribution in [2.45, 2.75) is 53.1 Å². The molecule has 3 unspecified atom stereocenters. The second-order valence-electron chi connectivity index (χ2n) is 6.37. The zero-order valence-corrected chi connectivity index (χ0v) is 13.3. The highest BCUT2D eigenvalue weighted by Crippen LogP contribution is 2.35. The van der Waals surface area contributed by atoms with E-state index in [-0.39, 0.29) is 6.10 Å². The summed E-state index contributed by atoms with van der Waals surface area (Å²) in [7, 11) is 1.87. The molecular formula is C16H27N3O. The minimum Gasteiger partial charge on any atom is -0.474 e. The van der Waals surface area contributed by atoms with Gasteiger partial charge in [-0.3, -0.25) is 0 Å². The lowest BCUT2D eigenvalue weighted by atomic mass is 9.75. The highest BCUT2D eigenvalue weighted by atomic mass is 16.5. The minimum atomic E-state index is 0.276. The van der Waals surface area contributed by atoms with Crippen molar-refractivity contribution in [3.8, 4) is 5.88 Å². The van der Waals surface area contributed by atoms with Crippen LogP contribution in [0.5, 0.6) is 5.88 Å². The van der Waals surface area contributed by atoms with E-state index in [0.29, 0.717) is 17.7 Å². The van der Waals surface area contributed by atoms with Crippen LogP contribution in [-0.4, -0.2) is 23.1 Å². The van der Waals surface area contributed by atoms with Crippen molar-refractivity contribution >= 4 is 5.82 Å². The summed E-state index contributed by atoms with van der Waals surface area (Å²) in [6, 6.07) is 1.89. The Balaban J connectivity index is 2.15. The van der Waals surface area contributed by atoms with Crippen molar-refractivity contribution in [2.24, 2.45) is 17.8 Å². The Labute approximate surface area is 122 Å². The fourth-order valence-corrected chi connectivity index (χ4v) is 3.13. The van der Waals surface area contributed by atoms with E-state index < -0.39 is 0 Å². The van der Waals surface area contributed by atoms with Crippen LogP contribution in [0.4, 0.5) is 5.82 Å². The van der Waals surface area contributed by atoms with E-state index in [4.69, 9.17) is 4.74 Å². The fraction of sp³-hybridized carbons (Fsp3) is 0.750. The fourth-order valence-electron chi connectivity index (χ4n) is 3.13. The molecule has 1 heterocycles. The quantitative estimate of drug-likeness (QED) is 0.912. The summed E-state index contributed by atoms with van der Waals surface area (Å²) in [5.74, 6) is 4.28. The van der Waals surface area contributed by atoms with Crippen molar-refractivity contribution in [3.63, 3.8) is 0 Å². The summed E-state index contributed by atoms with van der Waals surface area (Å²) >= 11 is 0. The molecule has 1 N–H and O–H groups in total. The molecular weight excluding hydrogens is 250 g/mol. The van der Waals surface area contributed by atoms with Gasteiger partial charge in [0, 0.05) is 13.1 Å². The third-order valence-electron chi connectivity index (χ3n) is 4.30. The maximum atomic E-state index is 6.23. The van der Waals surface area contributed by atoms with Gasteiger partial charge in [0.15, 0.2) is 0 Å². The zero-order valence-electron chi connectivity index (χ0n) is 13.3. The van der Waals surface area contributed by atoms with Crippen LogP contribution in [0.15, 0.2) is 6.07 Å². The maximum Gasteiger partial charge on any atom is 0.218 e. The molecule has 1 aromatic rings. The van der Waals surface area contributed by atoms with Crippen LogP contribution in [0.3, 0.4) is 0 Å². The topological polar surface area (TPSA) is 47.0 Å². The first-order valence-corrected chi connectivity index (χ1v) is 7.69. The zero-order chi connectivity index (χ0) is 14.7. The molecule has 0 amide bonds. The molecule has 2 rings (SSSR count). The molecule has 0 saturated heterocycles. The average Bonchev–Trinajstić information content (AvgIpc) is 2.37. The smallest absolute Gasteiger partial charge is 0.218 e. The number of hydrogen-bond donors (Lipinski definition) is 1. The first-order chi connectivity index (χ1) is 9.49. The molecule has 0 radical (unpaired) electrons. The summed E-state index contributed by atoms with van der Waals surface area (Å²) in [6.07, 6.45) is 3.97. The molecule has 20 heavy (non-hydrogen) atoms. The Hall–Kier alpha value is -1.32. The van der Waals surface area contributed by atoms with Gasteiger partial charge in [-0.1, -0.05) is 27.2 Å². The molecule has 1 aliphatic rings. The van der Waals surface area contributed by atoms with E-state index in [0.717, 1.165) is 24.0 Å². The molecule has 4 heteroatoms. The maximum absolute atomic E-state index is 6.23. The van der Waals surface area contributed by atoms with E-state index in [1.807, 2.05) is 20.0 Å². The van der Waals surface area contributed by atoms with Crippen LogP contribution in [-0.2, 0) is 0 Å². The monoisotopic (exact) mass is 277 g/mol. The van der Waals surface area contributed by atoms with Gasteiger partial charge in [-0.2, -0.15) is 4.98 Å². The predicted molar refractivity (Wildman–Crippen MR) is 82.1 cm³/mol. The third-order valence-corrected chi connectivity index (χ3v) is 4.30. The lowest BCUT2D eigenvalue weighted by Gasteiger charge is -2.37. The SMILES string of the molecule is CNc1cc(OC2CC(C)CCC2C(C)C)nc(C)n1. The second kappa shape index (κ2) is 6.42. The van der Waals surface area contributed by atoms with Gasteiger partial charge in [-0.25, -0.2) is 4.98 Å². The van der Waals surface area contributed by atoms with Gasteiger partial charge in [-0.15, -0.1) is 0 Å². The average molecular weight is 277 g/mol. The molecule has 0 aliphatic heterocycles. The van der Waals surface area contributed by atoms with Gasteiger partial charge in [0.2, 0.25) is 5.88 Å². The van der Waals surface area contributed by atoms with E-state index in [1.54, 1.807) is 0 Å². The number of rotatable bonds is 4. The van der Waals surface area contributed by atoms with Crippen LogP contribution in [0, 0.1) is 24.7 Å². The Morgan fingerprint density at radius 2 is 2.05 bits per heavy atom. The van der Waals surface area contributed by atoms with Crippen molar-refractivity contribution in [2.75, 3.05) is 12.4 Å². The molecule has 112 valence electrons. The van der Waals surface area contributed by atoms with Gasteiger partial charge in [0.25, 0.3) is 0 Å². The van der Waals surface area contributed by atoms with Gasteiger partial charge in [-0.05, 0) is 37.5 Å². The minimum absolute atomic E-state index is 0.276. The van der Waals surface area contributed by atoms with Crippen molar-refractivity contribution in [1.82, 2.24) is 9.97 Å². The molecule has 0 spiro atoms. The summed E-state index contributed by atoms with van der Waals surface area (Å²) in [6.45, 7) is 8.80. The predicted octanol–water partition coefficient (Wildman–Crippen LogP) is 3.67. The molecule has 1 aromatic heterocycles. The van der Waals surface area contributed by atoms with E-state index in [1.165, 1.54) is 12.8 Å². The first-order valence-electron chi connectivity index (χ1n) is 7.69. The van der Waals surface area contributed by atoms with Crippen LogP contribution in [0.25, 0.3) is 0 Å². The van der Waals surface area contributed by atoms with Gasteiger partial charge in [0.1, 0.15) is 17.7 Å². The largest absolute Gasteiger partial charge is 0.474 e. The lowest BCUT2D eigenvalue weighted by Crippen LogP contribution is -2.36. The standard InChI is InChI=1S/C16H27N3O/c1-10(2)13-7-6-11(3)8-14(13)20-16-9-15(17-5)18-12(4)19-16/h9-11,13-14H,6-8H2,1-5H3,(H,17,18,19). The van der Waals surface area contributed by atoms with Crippen molar-refractivity contribution in [3.05, 3.63) is 11.9 Å². The highest BCUT2D eigenvalue weighted by molar-refractivity contribution is 5.37. The second-order valence-corrected chi connectivity index (χ2v) is 6.37. The summed E-state index contributed by atoms with van der Waals surface area (Å²) in [5, 5.41) is 3.06. The number of ether oxygens (including phenoxy) is 1. The molecule has 1 aliphatic carbocycles. The molecule has 3 atom stereocenters. The summed E-state index contributed by atoms with van der Waals surface area (Å²) in [5.41, 5.74) is 0. The van der Waals surface area contributed by atoms with E-state index in [9.17, 15) is 0 Å². The molecule has 4 nitrogen and oxygen atoms in total. The molecule has 1 fully saturated rings. The van der Waals surface area contributed by atoms with Crippen molar-refractivity contribution < 1.29 is 4.74 Å². The number of aromatic nitrogens is 2. The van der Waals surface area contributed by atoms with Crippen LogP contribution in [0.1, 0.15) is 45.9 Å². The number of anilines is 1. The normalized spacial score (nSPS) is 26.6. The number of nitrogens with zero attached hydrogens (tertiary/aromatic N) is 2.